The minimum absolute atomic E-state index is 0.361. The fourth-order valence-corrected chi connectivity index (χ4v) is 3.62. The lowest BCUT2D eigenvalue weighted by Gasteiger charge is -2.27. The molecule has 0 spiro atoms. The van der Waals surface area contributed by atoms with Crippen LogP contribution in [0.3, 0.4) is 0 Å². The lowest BCUT2D eigenvalue weighted by molar-refractivity contribution is 0.0415. The molecule has 0 radical (unpaired) electrons. The third-order valence-corrected chi connectivity index (χ3v) is 4.60. The van der Waals surface area contributed by atoms with E-state index in [1.165, 1.54) is 5.56 Å². The molecule has 3 heteroatoms. The second-order valence-electron chi connectivity index (χ2n) is 5.82. The van der Waals surface area contributed by atoms with Gasteiger partial charge in [-0.1, -0.05) is 30.3 Å². The van der Waals surface area contributed by atoms with Gasteiger partial charge in [0.05, 0.1) is 31.5 Å². The van der Waals surface area contributed by atoms with Gasteiger partial charge in [0.1, 0.15) is 0 Å². The van der Waals surface area contributed by atoms with E-state index in [1.807, 2.05) is 18.2 Å². The van der Waals surface area contributed by atoms with Crippen LogP contribution in [0.4, 0.5) is 0 Å². The number of hydrogen-bond acceptors (Lipinski definition) is 3. The van der Waals surface area contributed by atoms with E-state index in [0.717, 1.165) is 25.9 Å². The lowest BCUT2D eigenvalue weighted by Crippen LogP contribution is -2.30. The molecule has 1 unspecified atom stereocenters. The zero-order chi connectivity index (χ0) is 13.8. The van der Waals surface area contributed by atoms with Gasteiger partial charge in [-0.3, -0.25) is 0 Å². The fourth-order valence-electron chi connectivity index (χ4n) is 3.62. The van der Waals surface area contributed by atoms with Crippen molar-refractivity contribution in [3.63, 3.8) is 0 Å². The van der Waals surface area contributed by atoms with E-state index >= 15 is 0 Å². The van der Waals surface area contributed by atoms with Gasteiger partial charge >= 0.3 is 0 Å². The van der Waals surface area contributed by atoms with Gasteiger partial charge in [-0.25, -0.2) is 0 Å². The van der Waals surface area contributed by atoms with Crippen LogP contribution < -0.4 is 0 Å². The normalized spacial score (nSPS) is 31.4. The van der Waals surface area contributed by atoms with E-state index < -0.39 is 0 Å². The average Bonchev–Trinajstić information content (AvgIpc) is 3.08. The predicted molar refractivity (Wildman–Crippen MR) is 75.8 cm³/mol. The van der Waals surface area contributed by atoms with Gasteiger partial charge in [-0.05, 0) is 30.7 Å². The van der Waals surface area contributed by atoms with Crippen molar-refractivity contribution in [3.05, 3.63) is 35.9 Å². The van der Waals surface area contributed by atoms with Crippen LogP contribution in [0.5, 0.6) is 0 Å². The summed E-state index contributed by atoms with van der Waals surface area (Å²) in [5.74, 6) is 0.995. The molecular formula is C17H21NO2. The van der Waals surface area contributed by atoms with Crippen molar-refractivity contribution in [2.45, 2.75) is 44.5 Å². The van der Waals surface area contributed by atoms with Crippen molar-refractivity contribution in [3.8, 4) is 6.07 Å². The van der Waals surface area contributed by atoms with Crippen LogP contribution in [0.15, 0.2) is 30.3 Å². The smallest absolute Gasteiger partial charge is 0.0717 e. The van der Waals surface area contributed by atoms with Gasteiger partial charge < -0.3 is 9.47 Å². The molecule has 0 aliphatic carbocycles. The van der Waals surface area contributed by atoms with Crippen LogP contribution in [0.2, 0.25) is 0 Å². The van der Waals surface area contributed by atoms with E-state index in [1.54, 1.807) is 0 Å². The van der Waals surface area contributed by atoms with Gasteiger partial charge in [-0.2, -0.15) is 5.26 Å². The van der Waals surface area contributed by atoms with Crippen LogP contribution in [-0.2, 0) is 16.1 Å². The van der Waals surface area contributed by atoms with Gasteiger partial charge in [0.2, 0.25) is 0 Å². The maximum atomic E-state index is 8.79. The van der Waals surface area contributed by atoms with E-state index in [-0.39, 0.29) is 0 Å². The molecule has 0 saturated carbocycles. The molecule has 2 aliphatic heterocycles. The van der Waals surface area contributed by atoms with E-state index in [2.05, 4.69) is 18.2 Å². The number of nitriles is 1. The molecule has 0 amide bonds. The molecule has 1 aromatic rings. The monoisotopic (exact) mass is 271 g/mol. The van der Waals surface area contributed by atoms with Crippen LogP contribution in [0.25, 0.3) is 0 Å². The maximum Gasteiger partial charge on any atom is 0.0717 e. The van der Waals surface area contributed by atoms with Crippen molar-refractivity contribution in [2.75, 3.05) is 6.61 Å². The Morgan fingerprint density at radius 2 is 1.90 bits per heavy atom. The van der Waals surface area contributed by atoms with Crippen LogP contribution in [0, 0.1) is 23.2 Å². The van der Waals surface area contributed by atoms with E-state index in [0.29, 0.717) is 37.1 Å². The fraction of sp³-hybridized carbons (Fsp3) is 0.588. The quantitative estimate of drug-likeness (QED) is 0.797. The second kappa shape index (κ2) is 6.39. The largest absolute Gasteiger partial charge is 0.376 e. The summed E-state index contributed by atoms with van der Waals surface area (Å²) in [5, 5.41) is 8.79. The van der Waals surface area contributed by atoms with Gasteiger partial charge in [-0.15, -0.1) is 0 Å². The molecule has 3 nitrogen and oxygen atoms in total. The number of hydrogen-bond donors (Lipinski definition) is 0. The molecule has 20 heavy (non-hydrogen) atoms. The highest BCUT2D eigenvalue weighted by Crippen LogP contribution is 2.45. The number of nitrogens with zero attached hydrogens (tertiary/aromatic N) is 1. The standard InChI is InChI=1S/C17H21NO2/c18-10-4-7-14-15(17-9-8-16(14)20-17)12-19-11-13-5-2-1-3-6-13/h1-3,5-6,14-17H,4,7-9,11-12H2/t14-,15+,16?,17+/m0/s1. The first-order valence-electron chi connectivity index (χ1n) is 7.52. The minimum atomic E-state index is 0.361. The molecule has 4 atom stereocenters. The summed E-state index contributed by atoms with van der Waals surface area (Å²) in [4.78, 5) is 0. The molecule has 1 aromatic carbocycles. The Kier molecular flexibility index (Phi) is 4.34. The molecular weight excluding hydrogens is 250 g/mol. The highest BCUT2D eigenvalue weighted by atomic mass is 16.5. The first-order chi connectivity index (χ1) is 9.88. The molecule has 106 valence electrons. The van der Waals surface area contributed by atoms with Gasteiger partial charge in [0.15, 0.2) is 0 Å². The molecule has 2 aliphatic rings. The zero-order valence-electron chi connectivity index (χ0n) is 11.7. The third kappa shape index (κ3) is 2.87. The SMILES string of the molecule is N#CCC[C@@H]1C2CC[C@@H](O2)[C@@H]1COCc1ccccc1. The average molecular weight is 271 g/mol. The number of rotatable bonds is 6. The zero-order valence-corrected chi connectivity index (χ0v) is 11.7. The van der Waals surface area contributed by atoms with E-state index in [9.17, 15) is 0 Å². The summed E-state index contributed by atoms with van der Waals surface area (Å²) >= 11 is 0. The lowest BCUT2D eigenvalue weighted by atomic mass is 9.77. The van der Waals surface area contributed by atoms with E-state index in [4.69, 9.17) is 14.7 Å². The van der Waals surface area contributed by atoms with Crippen LogP contribution >= 0.6 is 0 Å². The summed E-state index contributed by atoms with van der Waals surface area (Å²) < 4.78 is 11.9. The molecule has 2 saturated heterocycles. The topological polar surface area (TPSA) is 42.2 Å². The summed E-state index contributed by atoms with van der Waals surface area (Å²) in [6.45, 7) is 1.42. The highest BCUT2D eigenvalue weighted by molar-refractivity contribution is 5.13. The number of benzene rings is 1. The number of ether oxygens (including phenoxy) is 2. The Bertz CT molecular complexity index is 468. The third-order valence-electron chi connectivity index (χ3n) is 4.60. The molecule has 2 bridgehead atoms. The van der Waals surface area contributed by atoms with Crippen LogP contribution in [0.1, 0.15) is 31.2 Å². The minimum Gasteiger partial charge on any atom is -0.376 e. The summed E-state index contributed by atoms with van der Waals surface area (Å²) in [6, 6.07) is 12.5. The molecule has 2 fully saturated rings. The number of fused-ring (bicyclic) bond motifs is 2. The van der Waals surface area contributed by atoms with Crippen molar-refractivity contribution in [1.29, 1.82) is 5.26 Å². The summed E-state index contributed by atoms with van der Waals surface area (Å²) in [6.07, 6.45) is 4.64. The Hall–Kier alpha value is -1.37. The van der Waals surface area contributed by atoms with Crippen LogP contribution in [-0.4, -0.2) is 18.8 Å². The van der Waals surface area contributed by atoms with Crippen molar-refractivity contribution < 1.29 is 9.47 Å². The summed E-state index contributed by atoms with van der Waals surface area (Å²) in [5.41, 5.74) is 1.21. The maximum absolute atomic E-state index is 8.79. The highest BCUT2D eigenvalue weighted by Gasteiger charge is 2.48. The molecule has 3 rings (SSSR count). The van der Waals surface area contributed by atoms with Crippen molar-refractivity contribution >= 4 is 0 Å². The van der Waals surface area contributed by atoms with Gasteiger partial charge in [0, 0.05) is 12.3 Å². The van der Waals surface area contributed by atoms with Gasteiger partial charge in [0.25, 0.3) is 0 Å². The summed E-state index contributed by atoms with van der Waals surface area (Å²) in [7, 11) is 0. The Balaban J connectivity index is 1.52. The Labute approximate surface area is 120 Å². The second-order valence-corrected chi connectivity index (χ2v) is 5.82. The Morgan fingerprint density at radius 3 is 2.65 bits per heavy atom. The first kappa shape index (κ1) is 13.6. The first-order valence-corrected chi connectivity index (χ1v) is 7.52. The van der Waals surface area contributed by atoms with Crippen molar-refractivity contribution in [1.82, 2.24) is 0 Å². The molecule has 2 heterocycles. The predicted octanol–water partition coefficient (Wildman–Crippen LogP) is 3.30. The molecule has 0 N–H and O–H groups in total. The Morgan fingerprint density at radius 1 is 1.15 bits per heavy atom. The van der Waals surface area contributed by atoms with Crippen molar-refractivity contribution in [2.24, 2.45) is 11.8 Å². The molecule has 0 aromatic heterocycles.